The van der Waals surface area contributed by atoms with Crippen molar-refractivity contribution in [2.45, 2.75) is 41.5 Å². The van der Waals surface area contributed by atoms with Gasteiger partial charge in [-0.2, -0.15) is 0 Å². The smallest absolute Gasteiger partial charge is 0.000192 e. The van der Waals surface area contributed by atoms with Gasteiger partial charge in [-0.25, -0.2) is 0 Å². The van der Waals surface area contributed by atoms with Crippen LogP contribution in [0.3, 0.4) is 0 Å². The third-order valence-corrected chi connectivity index (χ3v) is 4.97. The summed E-state index contributed by atoms with van der Waals surface area (Å²) in [6.07, 6.45) is 4.27. The first-order valence-corrected chi connectivity index (χ1v) is 10.7. The Kier molecular flexibility index (Phi) is 7.62. The average molecular weight is 421 g/mol. The number of benzene rings is 3. The number of halogens is 1. The van der Waals surface area contributed by atoms with Crippen LogP contribution in [0.15, 0.2) is 71.2 Å². The summed E-state index contributed by atoms with van der Waals surface area (Å²) in [6.45, 7) is 12.2. The Bertz CT molecular complexity index is 957. The molecule has 140 valence electrons. The third-order valence-electron chi connectivity index (χ3n) is 4.54. The molecule has 0 N–H and O–H groups in total. The van der Waals surface area contributed by atoms with Gasteiger partial charge in [0.2, 0.25) is 0 Å². The Morgan fingerprint density at radius 2 is 1.30 bits per heavy atom. The van der Waals surface area contributed by atoms with Crippen LogP contribution < -0.4 is 0 Å². The van der Waals surface area contributed by atoms with Crippen LogP contribution in [0.5, 0.6) is 0 Å². The lowest BCUT2D eigenvalue weighted by atomic mass is 9.94. The van der Waals surface area contributed by atoms with E-state index in [4.69, 9.17) is 0 Å². The molecular weight excluding hydrogens is 392 g/mol. The Morgan fingerprint density at radius 1 is 0.741 bits per heavy atom. The van der Waals surface area contributed by atoms with Crippen molar-refractivity contribution in [3.63, 3.8) is 0 Å². The van der Waals surface area contributed by atoms with E-state index in [1.54, 1.807) is 0 Å². The van der Waals surface area contributed by atoms with Gasteiger partial charge < -0.3 is 0 Å². The molecule has 3 aromatic rings. The maximum Gasteiger partial charge on any atom is -0.000192 e. The Hall–Kier alpha value is -2.12. The van der Waals surface area contributed by atoms with Gasteiger partial charge in [-0.1, -0.05) is 110 Å². The predicted octanol–water partition coefficient (Wildman–Crippen LogP) is 9.24. The maximum absolute atomic E-state index is 3.67. The van der Waals surface area contributed by atoms with Crippen molar-refractivity contribution in [1.29, 1.82) is 0 Å². The van der Waals surface area contributed by atoms with E-state index in [1.807, 2.05) is 27.7 Å². The average Bonchev–Trinajstić information content (AvgIpc) is 3.06. The molecule has 0 nitrogen and oxygen atoms in total. The summed E-state index contributed by atoms with van der Waals surface area (Å²) >= 11 is 3.67. The molecule has 0 fully saturated rings. The van der Waals surface area contributed by atoms with Crippen LogP contribution in [0.1, 0.15) is 47.1 Å². The SMILES string of the molecule is C/C=C\C(=C(/C)Br)c1ccc2c3c(cccc13)-c1ccccc1-2.CC.CC. The Morgan fingerprint density at radius 3 is 1.85 bits per heavy atom. The predicted molar refractivity (Wildman–Crippen MR) is 127 cm³/mol. The quantitative estimate of drug-likeness (QED) is 0.283. The standard InChI is InChI=1S/C22H17Br.2C2H6/c1-3-7-15(14(2)23)18-12-13-21-17-9-5-4-8-16(17)19-10-6-11-20(18)22(19)21;2*1-2/h3-13H,1-2H3;2*1-2H3/b7-3-,15-14-;;. The largest absolute Gasteiger partial charge is 0.0870 e. The summed E-state index contributed by atoms with van der Waals surface area (Å²) < 4.78 is 1.16. The molecule has 0 amide bonds. The van der Waals surface area contributed by atoms with Crippen molar-refractivity contribution in [1.82, 2.24) is 0 Å². The third kappa shape index (κ3) is 3.80. The topological polar surface area (TPSA) is 0 Å². The van der Waals surface area contributed by atoms with E-state index in [2.05, 4.69) is 96.5 Å². The van der Waals surface area contributed by atoms with E-state index in [0.717, 1.165) is 4.48 Å². The van der Waals surface area contributed by atoms with Gasteiger partial charge in [-0.15, -0.1) is 0 Å². The first kappa shape index (κ1) is 21.2. The summed E-state index contributed by atoms with van der Waals surface area (Å²) in [7, 11) is 0. The van der Waals surface area contributed by atoms with Gasteiger partial charge in [-0.05, 0) is 62.5 Å². The van der Waals surface area contributed by atoms with Crippen LogP contribution in [-0.4, -0.2) is 0 Å². The first-order chi connectivity index (χ1) is 13.2. The van der Waals surface area contributed by atoms with E-state index in [9.17, 15) is 0 Å². The summed E-state index contributed by atoms with van der Waals surface area (Å²) in [4.78, 5) is 0. The molecule has 0 aromatic heterocycles. The highest BCUT2D eigenvalue weighted by molar-refractivity contribution is 9.11. The fraction of sp³-hybridized carbons (Fsp3) is 0.231. The number of fused-ring (bicyclic) bond motifs is 3. The molecule has 0 atom stereocenters. The van der Waals surface area contributed by atoms with Crippen LogP contribution in [0.25, 0.3) is 38.6 Å². The molecule has 0 saturated carbocycles. The monoisotopic (exact) mass is 420 g/mol. The van der Waals surface area contributed by atoms with Crippen molar-refractivity contribution >= 4 is 32.3 Å². The second-order valence-corrected chi connectivity index (χ2v) is 7.07. The highest BCUT2D eigenvalue weighted by atomic mass is 79.9. The highest BCUT2D eigenvalue weighted by Crippen LogP contribution is 2.48. The molecule has 3 aromatic carbocycles. The molecule has 0 saturated heterocycles. The zero-order valence-corrected chi connectivity index (χ0v) is 18.8. The Balaban J connectivity index is 0.000000614. The minimum Gasteiger partial charge on any atom is -0.0870 e. The minimum absolute atomic E-state index is 1.16. The summed E-state index contributed by atoms with van der Waals surface area (Å²) in [5.41, 5.74) is 7.91. The van der Waals surface area contributed by atoms with Crippen molar-refractivity contribution in [2.24, 2.45) is 0 Å². The summed E-state index contributed by atoms with van der Waals surface area (Å²) in [5.74, 6) is 0. The second kappa shape index (κ2) is 9.71. The van der Waals surface area contributed by atoms with Crippen LogP contribution in [0, 0.1) is 0 Å². The lowest BCUT2D eigenvalue weighted by molar-refractivity contribution is 1.50. The molecule has 0 unspecified atom stereocenters. The second-order valence-electron chi connectivity index (χ2n) is 5.88. The number of hydrogen-bond donors (Lipinski definition) is 0. The van der Waals surface area contributed by atoms with Gasteiger partial charge in [0.25, 0.3) is 0 Å². The molecule has 27 heavy (non-hydrogen) atoms. The van der Waals surface area contributed by atoms with Gasteiger partial charge in [0, 0.05) is 0 Å². The molecule has 1 heteroatoms. The van der Waals surface area contributed by atoms with E-state index < -0.39 is 0 Å². The van der Waals surface area contributed by atoms with Crippen molar-refractivity contribution in [3.05, 3.63) is 76.8 Å². The van der Waals surface area contributed by atoms with E-state index in [1.165, 1.54) is 44.2 Å². The molecule has 0 spiro atoms. The zero-order chi connectivity index (χ0) is 20.0. The minimum atomic E-state index is 1.16. The van der Waals surface area contributed by atoms with Gasteiger partial charge in [-0.3, -0.25) is 0 Å². The lowest BCUT2D eigenvalue weighted by Crippen LogP contribution is -1.87. The van der Waals surface area contributed by atoms with Crippen LogP contribution in [-0.2, 0) is 0 Å². The van der Waals surface area contributed by atoms with Crippen LogP contribution in [0.2, 0.25) is 0 Å². The molecular formula is C26H29Br. The van der Waals surface area contributed by atoms with E-state index >= 15 is 0 Å². The van der Waals surface area contributed by atoms with E-state index in [-0.39, 0.29) is 0 Å². The summed E-state index contributed by atoms with van der Waals surface area (Å²) in [5, 5.41) is 2.70. The fourth-order valence-corrected chi connectivity index (χ4v) is 3.95. The van der Waals surface area contributed by atoms with Crippen molar-refractivity contribution in [3.8, 4) is 22.3 Å². The molecule has 1 aliphatic carbocycles. The van der Waals surface area contributed by atoms with Crippen molar-refractivity contribution in [2.75, 3.05) is 0 Å². The van der Waals surface area contributed by atoms with Crippen LogP contribution in [0.4, 0.5) is 0 Å². The lowest BCUT2D eigenvalue weighted by Gasteiger charge is -2.11. The number of allylic oxidation sites excluding steroid dienone is 4. The molecule has 1 aliphatic rings. The van der Waals surface area contributed by atoms with Gasteiger partial charge in [0.1, 0.15) is 0 Å². The molecule has 0 radical (unpaired) electrons. The van der Waals surface area contributed by atoms with E-state index in [0.29, 0.717) is 0 Å². The molecule has 0 heterocycles. The fourth-order valence-electron chi connectivity index (χ4n) is 3.60. The number of rotatable bonds is 2. The summed E-state index contributed by atoms with van der Waals surface area (Å²) in [6, 6.07) is 19.9. The van der Waals surface area contributed by atoms with Gasteiger partial charge in [0.05, 0.1) is 0 Å². The first-order valence-electron chi connectivity index (χ1n) is 9.87. The van der Waals surface area contributed by atoms with Gasteiger partial charge in [0.15, 0.2) is 0 Å². The normalized spacial score (nSPS) is 12.0. The highest BCUT2D eigenvalue weighted by Gasteiger charge is 2.22. The van der Waals surface area contributed by atoms with Crippen molar-refractivity contribution < 1.29 is 0 Å². The van der Waals surface area contributed by atoms with Gasteiger partial charge >= 0.3 is 0 Å². The molecule has 0 bridgehead atoms. The Labute approximate surface area is 172 Å². The zero-order valence-electron chi connectivity index (χ0n) is 17.2. The van der Waals surface area contributed by atoms with Crippen LogP contribution >= 0.6 is 15.9 Å². The molecule has 0 aliphatic heterocycles. The number of hydrogen-bond acceptors (Lipinski definition) is 0. The molecule has 4 rings (SSSR count). The maximum atomic E-state index is 3.67.